The van der Waals surface area contributed by atoms with Crippen molar-refractivity contribution in [3.8, 4) is 17.2 Å². The Morgan fingerprint density at radius 1 is 0.943 bits per heavy atom. The molecule has 4 aromatic rings. The SMILES string of the molecule is COc1cc(C(Cc2c(Cl)c[n+]([O-])cc2Cl)OC(=O)c2ccc(CN(C(=O)O[C@H]3CN4CCC3CC4)c3ccccc3OC)cc2)ccc1OC(F)F. The van der Waals surface area contributed by atoms with E-state index in [2.05, 4.69) is 9.64 Å². The number of hydrogen-bond donors (Lipinski definition) is 0. The van der Waals surface area contributed by atoms with E-state index in [0.29, 0.717) is 45.3 Å². The normalized spacial score (nSPS) is 18.3. The minimum atomic E-state index is -3.09. The Kier molecular flexibility index (Phi) is 12.1. The average Bonchev–Trinajstić information content (AvgIpc) is 3.15. The van der Waals surface area contributed by atoms with Crippen molar-refractivity contribution in [2.24, 2.45) is 5.92 Å². The minimum absolute atomic E-state index is 0.0255. The van der Waals surface area contributed by atoms with Crippen LogP contribution < -0.4 is 23.8 Å². The summed E-state index contributed by atoms with van der Waals surface area (Å²) in [6.45, 7) is -0.247. The number of para-hydroxylation sites is 2. The number of carbonyl (C=O) groups excluding carboxylic acids is 2. The molecule has 0 aliphatic carbocycles. The molecule has 0 saturated carbocycles. The van der Waals surface area contributed by atoms with E-state index in [9.17, 15) is 23.6 Å². The lowest BCUT2D eigenvalue weighted by atomic mass is 9.86. The second kappa shape index (κ2) is 16.9. The molecule has 0 spiro atoms. The first-order valence-corrected chi connectivity index (χ1v) is 17.6. The van der Waals surface area contributed by atoms with Gasteiger partial charge < -0.3 is 28.9 Å². The van der Waals surface area contributed by atoms with Gasteiger partial charge in [0.15, 0.2) is 23.9 Å². The molecule has 3 aliphatic rings. The molecule has 11 nitrogen and oxygen atoms in total. The fourth-order valence-corrected chi connectivity index (χ4v) is 7.28. The maximum atomic E-state index is 13.8. The Labute approximate surface area is 315 Å². The van der Waals surface area contributed by atoms with Crippen LogP contribution in [0.3, 0.4) is 0 Å². The van der Waals surface area contributed by atoms with Crippen LogP contribution in [-0.2, 0) is 22.4 Å². The Hall–Kier alpha value is -4.85. The number of pyridine rings is 1. The first kappa shape index (κ1) is 37.9. The van der Waals surface area contributed by atoms with Crippen LogP contribution in [0.25, 0.3) is 0 Å². The number of halogens is 4. The van der Waals surface area contributed by atoms with Crippen LogP contribution in [0.15, 0.2) is 79.1 Å². The van der Waals surface area contributed by atoms with E-state index in [4.69, 9.17) is 42.1 Å². The first-order valence-electron chi connectivity index (χ1n) is 16.9. The smallest absolute Gasteiger partial charge is 0.415 e. The van der Waals surface area contributed by atoms with Crippen LogP contribution >= 0.6 is 23.2 Å². The van der Waals surface area contributed by atoms with Crippen molar-refractivity contribution in [3.05, 3.63) is 117 Å². The van der Waals surface area contributed by atoms with Crippen molar-refractivity contribution >= 4 is 41.0 Å². The third-order valence-corrected chi connectivity index (χ3v) is 10.1. The molecule has 3 saturated heterocycles. The molecule has 3 aliphatic heterocycles. The van der Waals surface area contributed by atoms with E-state index in [0.717, 1.165) is 38.3 Å². The van der Waals surface area contributed by atoms with Crippen molar-refractivity contribution in [1.29, 1.82) is 0 Å². The molecule has 1 amide bonds. The number of carbonyl (C=O) groups is 2. The molecule has 1 aromatic heterocycles. The predicted molar refractivity (Wildman–Crippen MR) is 192 cm³/mol. The molecule has 2 atom stereocenters. The largest absolute Gasteiger partial charge is 0.619 e. The highest BCUT2D eigenvalue weighted by Gasteiger charge is 2.38. The number of alkyl halides is 2. The summed E-state index contributed by atoms with van der Waals surface area (Å²) in [6.07, 6.45) is 2.37. The van der Waals surface area contributed by atoms with Crippen molar-refractivity contribution < 1.29 is 46.8 Å². The highest BCUT2D eigenvalue weighted by Crippen LogP contribution is 2.37. The molecule has 3 aromatic carbocycles. The molecule has 0 N–H and O–H groups in total. The van der Waals surface area contributed by atoms with E-state index in [1.807, 2.05) is 12.1 Å². The summed E-state index contributed by atoms with van der Waals surface area (Å²) in [6, 6.07) is 17.8. The minimum Gasteiger partial charge on any atom is -0.619 e. The molecule has 280 valence electrons. The molecule has 2 bridgehead atoms. The van der Waals surface area contributed by atoms with Crippen LogP contribution in [0, 0.1) is 11.1 Å². The summed E-state index contributed by atoms with van der Waals surface area (Å²) in [5, 5.41) is 12.0. The summed E-state index contributed by atoms with van der Waals surface area (Å²) >= 11 is 12.7. The molecule has 3 fully saturated rings. The number of aromatic nitrogens is 1. The fraction of sp³-hybridized carbons (Fsp3) is 0.342. The second-order valence-corrected chi connectivity index (χ2v) is 13.5. The van der Waals surface area contributed by atoms with Crippen molar-refractivity contribution in [1.82, 2.24) is 4.90 Å². The summed E-state index contributed by atoms with van der Waals surface area (Å²) in [7, 11) is 2.81. The maximum Gasteiger partial charge on any atom is 0.415 e. The zero-order valence-corrected chi connectivity index (χ0v) is 30.4. The third-order valence-electron chi connectivity index (χ3n) is 9.45. The summed E-state index contributed by atoms with van der Waals surface area (Å²) in [5.74, 6) is -0.149. The lowest BCUT2D eigenvalue weighted by Gasteiger charge is -2.44. The number of nitrogens with zero attached hydrogens (tertiary/aromatic N) is 3. The van der Waals surface area contributed by atoms with Gasteiger partial charge in [-0.15, -0.1) is 0 Å². The Morgan fingerprint density at radius 3 is 2.25 bits per heavy atom. The number of anilines is 1. The van der Waals surface area contributed by atoms with E-state index in [-0.39, 0.29) is 46.2 Å². The van der Waals surface area contributed by atoms with Gasteiger partial charge in [-0.3, -0.25) is 9.80 Å². The molecule has 15 heteroatoms. The number of esters is 1. The Bertz CT molecular complexity index is 1910. The van der Waals surface area contributed by atoms with Gasteiger partial charge in [0.2, 0.25) is 0 Å². The van der Waals surface area contributed by atoms with Crippen LogP contribution in [0.5, 0.6) is 17.2 Å². The van der Waals surface area contributed by atoms with Gasteiger partial charge in [-0.25, -0.2) is 9.59 Å². The number of benzene rings is 3. The molecule has 0 radical (unpaired) electrons. The highest BCUT2D eigenvalue weighted by atomic mass is 35.5. The van der Waals surface area contributed by atoms with Gasteiger partial charge in [-0.1, -0.05) is 53.5 Å². The number of rotatable bonds is 13. The summed E-state index contributed by atoms with van der Waals surface area (Å²) in [4.78, 5) is 31.3. The van der Waals surface area contributed by atoms with E-state index in [1.54, 1.807) is 36.4 Å². The van der Waals surface area contributed by atoms with E-state index < -0.39 is 24.8 Å². The van der Waals surface area contributed by atoms with Crippen LogP contribution in [0.4, 0.5) is 19.3 Å². The number of hydrogen-bond acceptors (Lipinski definition) is 9. The molecular formula is C38H37Cl2F2N3O8. The molecule has 53 heavy (non-hydrogen) atoms. The Balaban J connectivity index is 1.23. The first-order chi connectivity index (χ1) is 25.5. The quantitative estimate of drug-likeness (QED) is 0.0770. The Morgan fingerprint density at radius 2 is 1.62 bits per heavy atom. The molecular weight excluding hydrogens is 735 g/mol. The van der Waals surface area contributed by atoms with Crippen molar-refractivity contribution in [2.75, 3.05) is 38.8 Å². The molecule has 7 rings (SSSR count). The maximum absolute atomic E-state index is 13.8. The lowest BCUT2D eigenvalue weighted by molar-refractivity contribution is -0.605. The number of fused-ring (bicyclic) bond motifs is 3. The zero-order chi connectivity index (χ0) is 37.6. The topological polar surface area (TPSA) is 114 Å². The molecule has 1 unspecified atom stereocenters. The average molecular weight is 773 g/mol. The van der Waals surface area contributed by atoms with Crippen LogP contribution in [0.1, 0.15) is 46.0 Å². The van der Waals surface area contributed by atoms with E-state index >= 15 is 0 Å². The standard InChI is InChI=1S/C38H37Cl2F2N3O8/c1-49-31-6-4-3-5-30(31)45(38(47)53-35-22-43-15-13-24(35)14-16-43)19-23-7-9-25(10-8-23)36(46)51-33(18-27-28(39)20-44(48)21-29(27)40)26-11-12-32(52-37(41)42)34(17-26)50-2/h3-12,17,20-21,24,33,35,37H,13-16,18-19,22H2,1-2H3/t33?,35-/m0/s1. The van der Waals surface area contributed by atoms with Gasteiger partial charge in [-0.05, 0) is 79.4 Å². The number of piperidine rings is 3. The van der Waals surface area contributed by atoms with Gasteiger partial charge in [-0.2, -0.15) is 13.5 Å². The van der Waals surface area contributed by atoms with Crippen LogP contribution in [0.2, 0.25) is 10.0 Å². The third kappa shape index (κ3) is 9.03. The van der Waals surface area contributed by atoms with Gasteiger partial charge in [0, 0.05) is 18.5 Å². The van der Waals surface area contributed by atoms with Gasteiger partial charge in [0.05, 0.1) is 32.0 Å². The number of methoxy groups -OCH3 is 2. The summed E-state index contributed by atoms with van der Waals surface area (Å²) < 4.78 is 53.9. The fourth-order valence-electron chi connectivity index (χ4n) is 6.68. The second-order valence-electron chi connectivity index (χ2n) is 12.7. The van der Waals surface area contributed by atoms with Crippen molar-refractivity contribution in [3.63, 3.8) is 0 Å². The number of ether oxygens (including phenoxy) is 5. The zero-order valence-electron chi connectivity index (χ0n) is 28.9. The van der Waals surface area contributed by atoms with E-state index in [1.165, 1.54) is 37.3 Å². The predicted octanol–water partition coefficient (Wildman–Crippen LogP) is 7.62. The molecule has 4 heterocycles. The monoisotopic (exact) mass is 771 g/mol. The van der Waals surface area contributed by atoms with Gasteiger partial charge >= 0.3 is 18.7 Å². The lowest BCUT2D eigenvalue weighted by Crippen LogP contribution is -2.53. The number of amides is 1. The summed E-state index contributed by atoms with van der Waals surface area (Å²) in [5.41, 5.74) is 2.09. The van der Waals surface area contributed by atoms with Crippen molar-refractivity contribution in [2.45, 2.75) is 44.6 Å². The van der Waals surface area contributed by atoms with Crippen LogP contribution in [-0.4, -0.2) is 63.5 Å². The highest BCUT2D eigenvalue weighted by molar-refractivity contribution is 6.35. The van der Waals surface area contributed by atoms with Gasteiger partial charge in [0.1, 0.15) is 28.0 Å². The van der Waals surface area contributed by atoms with Gasteiger partial charge in [0.25, 0.3) is 0 Å².